The van der Waals surface area contributed by atoms with Crippen molar-refractivity contribution in [3.8, 4) is 0 Å². The van der Waals surface area contributed by atoms with Crippen LogP contribution in [0.4, 0.5) is 0 Å². The molecule has 1 aliphatic carbocycles. The molecule has 1 saturated carbocycles. The van der Waals surface area contributed by atoms with Gasteiger partial charge in [0.2, 0.25) is 0 Å². The largest absolute Gasteiger partial charge is 0.336 e. The molecule has 2 aliphatic heterocycles. The Balaban J connectivity index is 1.44. The topological polar surface area (TPSA) is 49.3 Å². The quantitative estimate of drug-likeness (QED) is 0.846. The second kappa shape index (κ2) is 6.40. The van der Waals surface area contributed by atoms with E-state index in [4.69, 9.17) is 0 Å². The van der Waals surface area contributed by atoms with Gasteiger partial charge < -0.3 is 4.90 Å². The Morgan fingerprint density at radius 1 is 1.22 bits per heavy atom. The van der Waals surface area contributed by atoms with E-state index in [1.54, 1.807) is 6.20 Å². The molecule has 1 atom stereocenters. The highest BCUT2D eigenvalue weighted by molar-refractivity contribution is 7.99. The summed E-state index contributed by atoms with van der Waals surface area (Å²) in [6.07, 6.45) is 5.36. The SMILES string of the molecule is Cc1ncc(C(=O)N2CCN(C3CCSC3)CC2)c(C2CC2)n1. The van der Waals surface area contributed by atoms with Gasteiger partial charge in [0.25, 0.3) is 5.91 Å². The van der Waals surface area contributed by atoms with Gasteiger partial charge in [-0.15, -0.1) is 0 Å². The molecular weight excluding hydrogens is 308 g/mol. The average molecular weight is 332 g/mol. The first-order valence-corrected chi connectivity index (χ1v) is 9.82. The van der Waals surface area contributed by atoms with Crippen LogP contribution in [-0.2, 0) is 0 Å². The molecule has 3 fully saturated rings. The number of thioether (sulfide) groups is 1. The Morgan fingerprint density at radius 2 is 2.00 bits per heavy atom. The number of carbonyl (C=O) groups excluding carboxylic acids is 1. The van der Waals surface area contributed by atoms with Crippen molar-refractivity contribution >= 4 is 17.7 Å². The Hall–Kier alpha value is -1.14. The second-order valence-corrected chi connectivity index (χ2v) is 7.99. The van der Waals surface area contributed by atoms with E-state index in [2.05, 4.69) is 26.6 Å². The number of aryl methyl sites for hydroxylation is 1. The van der Waals surface area contributed by atoms with Gasteiger partial charge in [0, 0.05) is 50.1 Å². The number of carbonyl (C=O) groups is 1. The predicted octanol–water partition coefficient (Wildman–Crippen LogP) is 1.93. The molecule has 4 rings (SSSR count). The molecule has 6 heteroatoms. The monoisotopic (exact) mass is 332 g/mol. The zero-order valence-electron chi connectivity index (χ0n) is 13.7. The summed E-state index contributed by atoms with van der Waals surface area (Å²) in [6, 6.07) is 0.724. The molecule has 3 aliphatic rings. The van der Waals surface area contributed by atoms with Crippen molar-refractivity contribution in [3.05, 3.63) is 23.3 Å². The maximum Gasteiger partial charge on any atom is 0.257 e. The van der Waals surface area contributed by atoms with Gasteiger partial charge in [-0.05, 0) is 31.9 Å². The Kier molecular flexibility index (Phi) is 4.28. The lowest BCUT2D eigenvalue weighted by Gasteiger charge is -2.38. The highest BCUT2D eigenvalue weighted by atomic mass is 32.2. The number of amides is 1. The fourth-order valence-corrected chi connectivity index (χ4v) is 4.85. The van der Waals surface area contributed by atoms with Crippen molar-refractivity contribution in [1.29, 1.82) is 0 Å². The van der Waals surface area contributed by atoms with Crippen LogP contribution in [0.15, 0.2) is 6.20 Å². The van der Waals surface area contributed by atoms with Crippen LogP contribution in [0.2, 0.25) is 0 Å². The Labute approximate surface area is 141 Å². The lowest BCUT2D eigenvalue weighted by Crippen LogP contribution is -2.52. The molecule has 2 saturated heterocycles. The molecule has 0 bridgehead atoms. The molecule has 3 heterocycles. The fraction of sp³-hybridized carbons (Fsp3) is 0.706. The first-order chi connectivity index (χ1) is 11.2. The second-order valence-electron chi connectivity index (χ2n) is 6.84. The van der Waals surface area contributed by atoms with Crippen molar-refractivity contribution in [3.63, 3.8) is 0 Å². The van der Waals surface area contributed by atoms with Gasteiger partial charge >= 0.3 is 0 Å². The maximum atomic E-state index is 12.9. The number of aromatic nitrogens is 2. The number of rotatable bonds is 3. The van der Waals surface area contributed by atoms with Crippen molar-refractivity contribution in [2.45, 2.75) is 38.1 Å². The van der Waals surface area contributed by atoms with Gasteiger partial charge in [-0.2, -0.15) is 11.8 Å². The van der Waals surface area contributed by atoms with Crippen molar-refractivity contribution in [1.82, 2.24) is 19.8 Å². The average Bonchev–Trinajstić information content (AvgIpc) is 3.28. The Morgan fingerprint density at radius 3 is 2.65 bits per heavy atom. The van der Waals surface area contributed by atoms with E-state index in [1.807, 2.05) is 11.8 Å². The zero-order chi connectivity index (χ0) is 15.8. The van der Waals surface area contributed by atoms with Crippen molar-refractivity contribution in [2.75, 3.05) is 37.7 Å². The first-order valence-electron chi connectivity index (χ1n) is 8.67. The first kappa shape index (κ1) is 15.4. The van der Waals surface area contributed by atoms with Gasteiger partial charge in [-0.25, -0.2) is 9.97 Å². The Bertz CT molecular complexity index is 590. The third kappa shape index (κ3) is 3.24. The molecule has 124 valence electrons. The van der Waals surface area contributed by atoms with Crippen LogP contribution in [0.25, 0.3) is 0 Å². The van der Waals surface area contributed by atoms with E-state index in [9.17, 15) is 4.79 Å². The predicted molar refractivity (Wildman–Crippen MR) is 92.0 cm³/mol. The summed E-state index contributed by atoms with van der Waals surface area (Å²) in [5.74, 6) is 3.92. The van der Waals surface area contributed by atoms with Crippen LogP contribution in [0.1, 0.15) is 47.1 Å². The highest BCUT2D eigenvalue weighted by Gasteiger charge is 2.33. The van der Waals surface area contributed by atoms with Gasteiger partial charge in [-0.3, -0.25) is 9.69 Å². The van der Waals surface area contributed by atoms with Gasteiger partial charge in [0.05, 0.1) is 11.3 Å². The van der Waals surface area contributed by atoms with Gasteiger partial charge in [-0.1, -0.05) is 0 Å². The molecule has 1 aromatic rings. The minimum atomic E-state index is 0.132. The van der Waals surface area contributed by atoms with Crippen LogP contribution >= 0.6 is 11.8 Å². The third-order valence-electron chi connectivity index (χ3n) is 5.16. The zero-order valence-corrected chi connectivity index (χ0v) is 14.5. The molecular formula is C17H24N4OS. The van der Waals surface area contributed by atoms with Crippen LogP contribution in [-0.4, -0.2) is 69.4 Å². The molecule has 0 N–H and O–H groups in total. The van der Waals surface area contributed by atoms with Crippen LogP contribution in [0, 0.1) is 6.92 Å². The van der Waals surface area contributed by atoms with Crippen LogP contribution in [0.3, 0.4) is 0 Å². The van der Waals surface area contributed by atoms with Gasteiger partial charge in [0.1, 0.15) is 5.82 Å². The highest BCUT2D eigenvalue weighted by Crippen LogP contribution is 2.40. The summed E-state index contributed by atoms with van der Waals surface area (Å²) in [5.41, 5.74) is 1.72. The van der Waals surface area contributed by atoms with Crippen LogP contribution in [0.5, 0.6) is 0 Å². The normalized spacial score (nSPS) is 25.8. The molecule has 23 heavy (non-hydrogen) atoms. The third-order valence-corrected chi connectivity index (χ3v) is 6.30. The van der Waals surface area contributed by atoms with Crippen molar-refractivity contribution in [2.24, 2.45) is 0 Å². The summed E-state index contributed by atoms with van der Waals surface area (Å²) >= 11 is 2.05. The summed E-state index contributed by atoms with van der Waals surface area (Å²) < 4.78 is 0. The van der Waals surface area contributed by atoms with E-state index in [-0.39, 0.29) is 5.91 Å². The van der Waals surface area contributed by atoms with Crippen molar-refractivity contribution < 1.29 is 4.79 Å². The number of hydrogen-bond donors (Lipinski definition) is 0. The summed E-state index contributed by atoms with van der Waals surface area (Å²) in [6.45, 7) is 5.57. The minimum absolute atomic E-state index is 0.132. The van der Waals surface area contributed by atoms with Crippen LogP contribution < -0.4 is 0 Å². The molecule has 0 spiro atoms. The van der Waals surface area contributed by atoms with E-state index < -0.39 is 0 Å². The molecule has 1 amide bonds. The van der Waals surface area contributed by atoms with E-state index in [0.717, 1.165) is 62.1 Å². The molecule has 1 unspecified atom stereocenters. The molecule has 0 radical (unpaired) electrons. The lowest BCUT2D eigenvalue weighted by molar-refractivity contribution is 0.0586. The molecule has 0 aromatic carbocycles. The number of nitrogens with zero attached hydrogens (tertiary/aromatic N) is 4. The number of hydrogen-bond acceptors (Lipinski definition) is 5. The summed E-state index contributed by atoms with van der Waals surface area (Å²) in [4.78, 5) is 26.3. The smallest absolute Gasteiger partial charge is 0.257 e. The fourth-order valence-electron chi connectivity index (χ4n) is 3.59. The molecule has 5 nitrogen and oxygen atoms in total. The summed E-state index contributed by atoms with van der Waals surface area (Å²) in [5, 5.41) is 0. The number of piperazine rings is 1. The maximum absolute atomic E-state index is 12.9. The van der Waals surface area contributed by atoms with E-state index >= 15 is 0 Å². The minimum Gasteiger partial charge on any atom is -0.336 e. The standard InChI is InChI=1S/C17H24N4OS/c1-12-18-10-15(16(19-12)13-2-3-13)17(22)21-7-5-20(6-8-21)14-4-9-23-11-14/h10,13-14H,2-9,11H2,1H3. The van der Waals surface area contributed by atoms with E-state index in [1.165, 1.54) is 17.9 Å². The summed E-state index contributed by atoms with van der Waals surface area (Å²) in [7, 11) is 0. The molecule has 1 aromatic heterocycles. The van der Waals surface area contributed by atoms with E-state index in [0.29, 0.717) is 5.92 Å². The lowest BCUT2D eigenvalue weighted by atomic mass is 10.1. The van der Waals surface area contributed by atoms with Gasteiger partial charge in [0.15, 0.2) is 0 Å².